The van der Waals surface area contributed by atoms with Crippen LogP contribution in [0.25, 0.3) is 109 Å². The van der Waals surface area contributed by atoms with Crippen molar-refractivity contribution >= 4 is 65.8 Å². The minimum absolute atomic E-state index is 0.691. The van der Waals surface area contributed by atoms with Gasteiger partial charge < -0.3 is 0 Å². The molecule has 0 fully saturated rings. The third kappa shape index (κ3) is 4.05. The molecule has 5 heteroatoms. The summed E-state index contributed by atoms with van der Waals surface area (Å²) in [5, 5.41) is 13.8. The Morgan fingerprint density at radius 2 is 0.900 bits per heavy atom. The van der Waals surface area contributed by atoms with E-state index in [0.717, 1.165) is 31.5 Å². The van der Waals surface area contributed by atoms with Crippen molar-refractivity contribution in [3.05, 3.63) is 150 Å². The lowest BCUT2D eigenvalue weighted by Gasteiger charge is -2.16. The number of benzene rings is 7. The van der Waals surface area contributed by atoms with Crippen LogP contribution in [0.15, 0.2) is 150 Å². The maximum absolute atomic E-state index is 5.17. The molecular formula is C45H25N3S2. The van der Waals surface area contributed by atoms with Gasteiger partial charge in [-0.3, -0.25) is 0 Å². The lowest BCUT2D eigenvalue weighted by molar-refractivity contribution is 1.09. The van der Waals surface area contributed by atoms with Crippen molar-refractivity contribution in [3.8, 4) is 66.2 Å². The Labute approximate surface area is 295 Å². The fourth-order valence-corrected chi connectivity index (χ4v) is 9.26. The van der Waals surface area contributed by atoms with Crippen LogP contribution in [-0.2, 0) is 0 Å². The van der Waals surface area contributed by atoms with Gasteiger partial charge in [-0.15, -0.1) is 22.7 Å². The first-order chi connectivity index (χ1) is 24.8. The van der Waals surface area contributed by atoms with Crippen LogP contribution in [0.5, 0.6) is 0 Å². The van der Waals surface area contributed by atoms with Crippen LogP contribution >= 0.6 is 22.7 Å². The summed E-state index contributed by atoms with van der Waals surface area (Å²) in [4.78, 5) is 17.3. The number of fused-ring (bicyclic) bond motifs is 7. The van der Waals surface area contributed by atoms with Gasteiger partial charge in [0.25, 0.3) is 0 Å². The number of thiophene rings is 2. The first-order valence-corrected chi connectivity index (χ1v) is 18.4. The third-order valence-electron chi connectivity index (χ3n) is 10.1. The molecule has 3 heterocycles. The largest absolute Gasteiger partial charge is 0.207 e. The predicted octanol–water partition coefficient (Wildman–Crippen LogP) is 12.9. The molecule has 0 atom stereocenters. The molecule has 0 aliphatic heterocycles. The number of aromatic nitrogens is 3. The summed E-state index contributed by atoms with van der Waals surface area (Å²) in [6.45, 7) is 0. The number of rotatable bonds is 4. The molecular weight excluding hydrogens is 647 g/mol. The Bertz CT molecular complexity index is 2900. The number of hydrogen-bond donors (Lipinski definition) is 0. The second kappa shape index (κ2) is 10.7. The molecule has 1 aliphatic rings. The average molecular weight is 672 g/mol. The van der Waals surface area contributed by atoms with Crippen molar-refractivity contribution in [2.24, 2.45) is 0 Å². The van der Waals surface area contributed by atoms with Crippen LogP contribution in [0, 0.1) is 0 Å². The maximum Gasteiger partial charge on any atom is 0.174 e. The van der Waals surface area contributed by atoms with Gasteiger partial charge in [-0.2, -0.15) is 0 Å². The Hall–Kier alpha value is -6.01. The Morgan fingerprint density at radius 3 is 1.64 bits per heavy atom. The predicted molar refractivity (Wildman–Crippen MR) is 212 cm³/mol. The zero-order valence-corrected chi connectivity index (χ0v) is 28.2. The summed E-state index contributed by atoms with van der Waals surface area (Å²) in [6, 6.07) is 50.7. The SMILES string of the molecule is c1csc(-c2nc(-c3cccs3)nc(-c3c4ccccc4cc4c3ccc3c(-c5ccc6c7c(cccc57)-c5ccccc5-6)cccc34)n2)c1. The molecule has 10 aromatic rings. The van der Waals surface area contributed by atoms with Crippen molar-refractivity contribution in [1.82, 2.24) is 15.0 Å². The molecule has 0 spiro atoms. The lowest BCUT2D eigenvalue weighted by Crippen LogP contribution is -2.00. The van der Waals surface area contributed by atoms with Crippen molar-refractivity contribution in [2.75, 3.05) is 0 Å². The Kier molecular flexibility index (Phi) is 5.99. The summed E-state index contributed by atoms with van der Waals surface area (Å²) in [6.07, 6.45) is 0. The Balaban J connectivity index is 1.19. The molecule has 0 N–H and O–H groups in total. The zero-order valence-electron chi connectivity index (χ0n) is 26.6. The highest BCUT2D eigenvalue weighted by atomic mass is 32.1. The monoisotopic (exact) mass is 671 g/mol. The molecule has 7 aromatic carbocycles. The maximum atomic E-state index is 5.17. The first-order valence-electron chi connectivity index (χ1n) is 16.7. The standard InChI is InChI=1S/C45H25N3S2/c1-2-10-27-26(9-1)25-38-31-14-5-13-28(33-20-21-36-30-12-4-3-11-29(30)34-15-6-16-35(33)41(34)36)32(31)19-22-37(38)42(27)45-47-43(39-17-7-23-49-39)46-44(48-45)40-18-8-24-50-40/h1-25H. The van der Waals surface area contributed by atoms with Crippen LogP contribution in [0.4, 0.5) is 0 Å². The highest BCUT2D eigenvalue weighted by molar-refractivity contribution is 7.13. The van der Waals surface area contributed by atoms with Crippen molar-refractivity contribution in [2.45, 2.75) is 0 Å². The Morgan fingerprint density at radius 1 is 0.340 bits per heavy atom. The van der Waals surface area contributed by atoms with E-state index in [0.29, 0.717) is 17.5 Å². The molecule has 1 aliphatic carbocycles. The van der Waals surface area contributed by atoms with Crippen molar-refractivity contribution < 1.29 is 0 Å². The van der Waals surface area contributed by atoms with Gasteiger partial charge in [0.15, 0.2) is 17.5 Å². The van der Waals surface area contributed by atoms with E-state index >= 15 is 0 Å². The molecule has 0 radical (unpaired) electrons. The van der Waals surface area contributed by atoms with E-state index in [4.69, 9.17) is 15.0 Å². The summed E-state index contributed by atoms with van der Waals surface area (Å²) in [5.74, 6) is 2.09. The molecule has 0 bridgehead atoms. The van der Waals surface area contributed by atoms with Crippen molar-refractivity contribution in [3.63, 3.8) is 0 Å². The van der Waals surface area contributed by atoms with Crippen LogP contribution in [0.1, 0.15) is 0 Å². The second-order valence-corrected chi connectivity index (χ2v) is 14.6. The van der Waals surface area contributed by atoms with Crippen LogP contribution in [0.3, 0.4) is 0 Å². The summed E-state index contributed by atoms with van der Waals surface area (Å²) < 4.78 is 0. The fraction of sp³-hybridized carbons (Fsp3) is 0. The van der Waals surface area contributed by atoms with Gasteiger partial charge in [-0.05, 0) is 105 Å². The quantitative estimate of drug-likeness (QED) is 0.138. The second-order valence-electron chi connectivity index (χ2n) is 12.7. The van der Waals surface area contributed by atoms with Gasteiger partial charge >= 0.3 is 0 Å². The van der Waals surface area contributed by atoms with E-state index in [9.17, 15) is 0 Å². The van der Waals surface area contributed by atoms with Gasteiger partial charge in [0, 0.05) is 5.56 Å². The number of hydrogen-bond acceptors (Lipinski definition) is 5. The summed E-state index contributed by atoms with van der Waals surface area (Å²) >= 11 is 3.30. The van der Waals surface area contributed by atoms with Crippen molar-refractivity contribution in [1.29, 1.82) is 0 Å². The topological polar surface area (TPSA) is 38.7 Å². The molecule has 50 heavy (non-hydrogen) atoms. The van der Waals surface area contributed by atoms with E-state index in [-0.39, 0.29) is 0 Å². The minimum atomic E-state index is 0.691. The van der Waals surface area contributed by atoms with Gasteiger partial charge in [0.05, 0.1) is 9.75 Å². The molecule has 232 valence electrons. The van der Waals surface area contributed by atoms with E-state index in [1.807, 2.05) is 12.1 Å². The van der Waals surface area contributed by atoms with E-state index in [2.05, 4.69) is 138 Å². The number of nitrogens with zero attached hydrogens (tertiary/aromatic N) is 3. The minimum Gasteiger partial charge on any atom is -0.207 e. The zero-order chi connectivity index (χ0) is 32.8. The normalized spacial score (nSPS) is 12.0. The molecule has 3 aromatic heterocycles. The fourth-order valence-electron chi connectivity index (χ4n) is 7.94. The highest BCUT2D eigenvalue weighted by Gasteiger charge is 2.23. The molecule has 0 saturated heterocycles. The first kappa shape index (κ1) is 27.9. The molecule has 0 unspecified atom stereocenters. The summed E-state index contributed by atoms with van der Waals surface area (Å²) in [5.41, 5.74) is 8.79. The molecule has 11 rings (SSSR count). The van der Waals surface area contributed by atoms with E-state index in [1.165, 1.54) is 60.3 Å². The summed E-state index contributed by atoms with van der Waals surface area (Å²) in [7, 11) is 0. The van der Waals surface area contributed by atoms with E-state index < -0.39 is 0 Å². The van der Waals surface area contributed by atoms with Crippen LogP contribution < -0.4 is 0 Å². The van der Waals surface area contributed by atoms with Gasteiger partial charge in [-0.1, -0.05) is 121 Å². The third-order valence-corrected chi connectivity index (χ3v) is 11.8. The van der Waals surface area contributed by atoms with Gasteiger partial charge in [0.2, 0.25) is 0 Å². The average Bonchev–Trinajstić information content (AvgIpc) is 3.97. The molecule has 0 saturated carbocycles. The molecule has 3 nitrogen and oxygen atoms in total. The lowest BCUT2D eigenvalue weighted by atomic mass is 9.88. The van der Waals surface area contributed by atoms with Crippen LogP contribution in [-0.4, -0.2) is 15.0 Å². The smallest absolute Gasteiger partial charge is 0.174 e. The van der Waals surface area contributed by atoms with Crippen LogP contribution in [0.2, 0.25) is 0 Å². The van der Waals surface area contributed by atoms with Gasteiger partial charge in [-0.25, -0.2) is 15.0 Å². The van der Waals surface area contributed by atoms with E-state index in [1.54, 1.807) is 22.7 Å². The van der Waals surface area contributed by atoms with Gasteiger partial charge in [0.1, 0.15) is 0 Å². The highest BCUT2D eigenvalue weighted by Crippen LogP contribution is 2.50. The molecule has 0 amide bonds.